The van der Waals surface area contributed by atoms with Crippen LogP contribution in [0.5, 0.6) is 5.75 Å². The van der Waals surface area contributed by atoms with Crippen LogP contribution in [0.1, 0.15) is 19.4 Å². The van der Waals surface area contributed by atoms with Crippen LogP contribution in [0.25, 0.3) is 0 Å². The molecule has 6 heteroatoms. The van der Waals surface area contributed by atoms with Gasteiger partial charge in [0.2, 0.25) is 0 Å². The van der Waals surface area contributed by atoms with Crippen LogP contribution in [0.4, 0.5) is 0 Å². The van der Waals surface area contributed by atoms with Gasteiger partial charge in [-0.25, -0.2) is 0 Å². The van der Waals surface area contributed by atoms with Gasteiger partial charge >= 0.3 is 0 Å². The topological polar surface area (TPSA) is 82.3 Å². The molecule has 5 nitrogen and oxygen atoms in total. The highest BCUT2D eigenvalue weighted by molar-refractivity contribution is 7.99. The minimum Gasteiger partial charge on any atom is -0.481 e. The van der Waals surface area contributed by atoms with Gasteiger partial charge in [-0.1, -0.05) is 0 Å². The SMILES string of the molecule is CSC(CO)C(C)NC(=O)C(C)Oc1ccc(C#N)cc1. The predicted molar refractivity (Wildman–Crippen MR) is 83.2 cm³/mol. The number of hydrogen-bond donors (Lipinski definition) is 2. The van der Waals surface area contributed by atoms with Gasteiger partial charge in [0.05, 0.1) is 18.2 Å². The number of thioether (sulfide) groups is 1. The molecular weight excluding hydrogens is 288 g/mol. The maximum atomic E-state index is 12.0. The van der Waals surface area contributed by atoms with E-state index in [1.165, 1.54) is 11.8 Å². The van der Waals surface area contributed by atoms with Gasteiger partial charge in [0.15, 0.2) is 6.10 Å². The number of carbonyl (C=O) groups excluding carboxylic acids is 1. The Morgan fingerprint density at radius 2 is 2.05 bits per heavy atom. The Morgan fingerprint density at radius 3 is 2.52 bits per heavy atom. The number of benzene rings is 1. The quantitative estimate of drug-likeness (QED) is 0.798. The number of amides is 1. The van der Waals surface area contributed by atoms with Gasteiger partial charge in [-0.15, -0.1) is 0 Å². The molecular formula is C15H20N2O3S. The Kier molecular flexibility index (Phi) is 7.06. The molecule has 3 unspecified atom stereocenters. The van der Waals surface area contributed by atoms with E-state index >= 15 is 0 Å². The van der Waals surface area contributed by atoms with Crippen LogP contribution < -0.4 is 10.1 Å². The molecule has 1 aromatic carbocycles. The summed E-state index contributed by atoms with van der Waals surface area (Å²) in [7, 11) is 0. The normalized spacial score (nSPS) is 14.6. The third-order valence-corrected chi connectivity index (χ3v) is 4.24. The summed E-state index contributed by atoms with van der Waals surface area (Å²) in [6.07, 6.45) is 1.24. The maximum Gasteiger partial charge on any atom is 0.261 e. The minimum absolute atomic E-state index is 0.00741. The first kappa shape index (κ1) is 17.3. The Bertz CT molecular complexity index is 495. The van der Waals surface area contributed by atoms with E-state index < -0.39 is 6.10 Å². The Morgan fingerprint density at radius 1 is 1.43 bits per heavy atom. The van der Waals surface area contributed by atoms with Crippen molar-refractivity contribution in [3.05, 3.63) is 29.8 Å². The van der Waals surface area contributed by atoms with Gasteiger partial charge in [-0.05, 0) is 44.4 Å². The van der Waals surface area contributed by atoms with Crippen LogP contribution in [0.15, 0.2) is 24.3 Å². The van der Waals surface area contributed by atoms with E-state index in [-0.39, 0.29) is 23.8 Å². The number of rotatable bonds is 7. The van der Waals surface area contributed by atoms with Crippen molar-refractivity contribution in [3.8, 4) is 11.8 Å². The molecule has 2 N–H and O–H groups in total. The van der Waals surface area contributed by atoms with E-state index in [2.05, 4.69) is 5.32 Å². The highest BCUT2D eigenvalue weighted by atomic mass is 32.2. The summed E-state index contributed by atoms with van der Waals surface area (Å²) in [5.74, 6) is 0.298. The summed E-state index contributed by atoms with van der Waals surface area (Å²) >= 11 is 1.50. The number of hydrogen-bond acceptors (Lipinski definition) is 5. The van der Waals surface area contributed by atoms with Crippen molar-refractivity contribution in [2.24, 2.45) is 0 Å². The Hall–Kier alpha value is -1.71. The lowest BCUT2D eigenvalue weighted by atomic mass is 10.2. The van der Waals surface area contributed by atoms with Gasteiger partial charge in [0.25, 0.3) is 5.91 Å². The first-order valence-electron chi connectivity index (χ1n) is 6.62. The lowest BCUT2D eigenvalue weighted by molar-refractivity contribution is -0.127. The highest BCUT2D eigenvalue weighted by Gasteiger charge is 2.21. The molecule has 0 radical (unpaired) electrons. The molecule has 0 heterocycles. The van der Waals surface area contributed by atoms with E-state index in [1.54, 1.807) is 31.2 Å². The maximum absolute atomic E-state index is 12.0. The van der Waals surface area contributed by atoms with Gasteiger partial charge < -0.3 is 15.2 Å². The molecule has 0 aliphatic carbocycles. The summed E-state index contributed by atoms with van der Waals surface area (Å²) in [6.45, 7) is 3.52. The third kappa shape index (κ3) is 5.29. The van der Waals surface area contributed by atoms with Crippen LogP contribution in [-0.2, 0) is 4.79 Å². The second kappa shape index (κ2) is 8.55. The zero-order valence-corrected chi connectivity index (χ0v) is 13.2. The van der Waals surface area contributed by atoms with Crippen LogP contribution in [-0.4, -0.2) is 41.3 Å². The van der Waals surface area contributed by atoms with Crippen molar-refractivity contribution in [2.45, 2.75) is 31.2 Å². The molecule has 0 aromatic heterocycles. The Balaban J connectivity index is 2.56. The van der Waals surface area contributed by atoms with Crippen LogP contribution in [0.3, 0.4) is 0 Å². The van der Waals surface area contributed by atoms with Crippen LogP contribution >= 0.6 is 11.8 Å². The molecule has 0 saturated carbocycles. The van der Waals surface area contributed by atoms with Gasteiger partial charge in [0.1, 0.15) is 5.75 Å². The average molecular weight is 308 g/mol. The number of nitrogens with zero attached hydrogens (tertiary/aromatic N) is 1. The first-order valence-corrected chi connectivity index (χ1v) is 7.91. The molecule has 1 rings (SSSR count). The lowest BCUT2D eigenvalue weighted by Crippen LogP contribution is -2.46. The molecule has 0 saturated heterocycles. The van der Waals surface area contributed by atoms with Crippen molar-refractivity contribution in [1.82, 2.24) is 5.32 Å². The first-order chi connectivity index (χ1) is 10.0. The van der Waals surface area contributed by atoms with E-state index in [9.17, 15) is 9.90 Å². The number of ether oxygens (including phenoxy) is 1. The number of nitrogens with one attached hydrogen (secondary N) is 1. The smallest absolute Gasteiger partial charge is 0.261 e. The monoisotopic (exact) mass is 308 g/mol. The lowest BCUT2D eigenvalue weighted by Gasteiger charge is -2.23. The second-order valence-corrected chi connectivity index (χ2v) is 5.73. The molecule has 0 spiro atoms. The molecule has 3 atom stereocenters. The summed E-state index contributed by atoms with van der Waals surface area (Å²) in [5.41, 5.74) is 0.541. The second-order valence-electron chi connectivity index (χ2n) is 4.65. The highest BCUT2D eigenvalue weighted by Crippen LogP contribution is 2.14. The standard InChI is InChI=1S/C15H20N2O3S/c1-10(14(9-18)21-3)17-15(19)11(2)20-13-6-4-12(8-16)5-7-13/h4-7,10-11,14,18H,9H2,1-3H3,(H,17,19). The van der Waals surface area contributed by atoms with Crippen molar-refractivity contribution >= 4 is 17.7 Å². The molecule has 0 aliphatic rings. The van der Waals surface area contributed by atoms with Crippen molar-refractivity contribution in [2.75, 3.05) is 12.9 Å². The van der Waals surface area contributed by atoms with Gasteiger partial charge in [-0.2, -0.15) is 17.0 Å². The number of carbonyl (C=O) groups is 1. The Labute approximate surface area is 129 Å². The summed E-state index contributed by atoms with van der Waals surface area (Å²) in [6, 6.07) is 8.46. The van der Waals surface area contributed by atoms with Gasteiger partial charge in [0, 0.05) is 11.3 Å². The molecule has 21 heavy (non-hydrogen) atoms. The largest absolute Gasteiger partial charge is 0.481 e. The van der Waals surface area contributed by atoms with Gasteiger partial charge in [-0.3, -0.25) is 4.79 Å². The van der Waals surface area contributed by atoms with E-state index in [0.717, 1.165) is 0 Å². The molecule has 0 bridgehead atoms. The number of nitriles is 1. The molecule has 1 amide bonds. The van der Waals surface area contributed by atoms with E-state index in [1.807, 2.05) is 19.2 Å². The van der Waals surface area contributed by atoms with E-state index in [0.29, 0.717) is 11.3 Å². The van der Waals surface area contributed by atoms with Crippen molar-refractivity contribution < 1.29 is 14.6 Å². The minimum atomic E-state index is -0.651. The predicted octanol–water partition coefficient (Wildman–Crippen LogP) is 1.55. The summed E-state index contributed by atoms with van der Waals surface area (Å²) < 4.78 is 5.53. The van der Waals surface area contributed by atoms with Crippen molar-refractivity contribution in [1.29, 1.82) is 5.26 Å². The fraction of sp³-hybridized carbons (Fsp3) is 0.467. The molecule has 0 aliphatic heterocycles. The van der Waals surface area contributed by atoms with Crippen LogP contribution in [0.2, 0.25) is 0 Å². The van der Waals surface area contributed by atoms with E-state index in [4.69, 9.17) is 10.00 Å². The molecule has 1 aromatic rings. The zero-order valence-electron chi connectivity index (χ0n) is 12.4. The number of aliphatic hydroxyl groups is 1. The summed E-state index contributed by atoms with van der Waals surface area (Å²) in [4.78, 5) is 12.0. The fourth-order valence-electron chi connectivity index (χ4n) is 1.74. The summed E-state index contributed by atoms with van der Waals surface area (Å²) in [5, 5.41) is 20.7. The van der Waals surface area contributed by atoms with Crippen molar-refractivity contribution in [3.63, 3.8) is 0 Å². The molecule has 0 fully saturated rings. The zero-order chi connectivity index (χ0) is 15.8. The third-order valence-electron chi connectivity index (χ3n) is 3.08. The molecule has 114 valence electrons. The fourth-order valence-corrected chi connectivity index (χ4v) is 2.36. The number of aliphatic hydroxyl groups excluding tert-OH is 1. The average Bonchev–Trinajstić information content (AvgIpc) is 2.49. The van der Waals surface area contributed by atoms with Crippen LogP contribution in [0, 0.1) is 11.3 Å².